The van der Waals surface area contributed by atoms with E-state index in [1.54, 1.807) is 50.4 Å². The predicted octanol–water partition coefficient (Wildman–Crippen LogP) is 4.70. The Morgan fingerprint density at radius 2 is 1.47 bits per heavy atom. The summed E-state index contributed by atoms with van der Waals surface area (Å²) in [4.78, 5) is 24.1. The molecule has 6 heteroatoms. The summed E-state index contributed by atoms with van der Waals surface area (Å²) >= 11 is 0. The molecule has 6 nitrogen and oxygen atoms in total. The van der Waals surface area contributed by atoms with Gasteiger partial charge in [-0.3, -0.25) is 4.79 Å². The van der Waals surface area contributed by atoms with Crippen molar-refractivity contribution in [3.8, 4) is 11.5 Å². The molecule has 0 aliphatic carbocycles. The number of hydrogen-bond donors (Lipinski definition) is 1. The molecule has 0 heterocycles. The summed E-state index contributed by atoms with van der Waals surface area (Å²) in [5.74, 6) is 0.702. The molecule has 0 bridgehead atoms. The number of benzene rings is 3. The fourth-order valence-corrected chi connectivity index (χ4v) is 2.76. The minimum absolute atomic E-state index is 0.240. The second-order valence-corrected chi connectivity index (χ2v) is 6.39. The van der Waals surface area contributed by atoms with Crippen LogP contribution in [0, 0.1) is 0 Å². The third kappa shape index (κ3) is 5.38. The summed E-state index contributed by atoms with van der Waals surface area (Å²) in [6.45, 7) is 2.43. The maximum absolute atomic E-state index is 12.5. The molecule has 0 aliphatic rings. The Balaban J connectivity index is 1.57. The molecule has 0 aromatic heterocycles. The van der Waals surface area contributed by atoms with Gasteiger partial charge in [-0.2, -0.15) is 0 Å². The maximum Gasteiger partial charge on any atom is 0.338 e. The normalized spacial score (nSPS) is 10.2. The number of nitrogens with one attached hydrogen (secondary N) is 1. The smallest absolute Gasteiger partial charge is 0.338 e. The molecular weight excluding hydrogens is 382 g/mol. The highest BCUT2D eigenvalue weighted by atomic mass is 16.5. The van der Waals surface area contributed by atoms with E-state index < -0.39 is 0 Å². The largest absolute Gasteiger partial charge is 0.493 e. The lowest BCUT2D eigenvalue weighted by Crippen LogP contribution is -2.12. The van der Waals surface area contributed by atoms with E-state index in [1.165, 1.54) is 0 Å². The van der Waals surface area contributed by atoms with Crippen molar-refractivity contribution >= 4 is 17.6 Å². The zero-order valence-corrected chi connectivity index (χ0v) is 16.9. The van der Waals surface area contributed by atoms with Crippen LogP contribution in [0.4, 0.5) is 5.69 Å². The second kappa shape index (κ2) is 10.1. The van der Waals surface area contributed by atoms with Gasteiger partial charge in [0.25, 0.3) is 5.91 Å². The lowest BCUT2D eigenvalue weighted by molar-refractivity contribution is 0.0526. The molecule has 0 saturated carbocycles. The Kier molecular flexibility index (Phi) is 7.05. The molecule has 3 aromatic carbocycles. The van der Waals surface area contributed by atoms with Crippen LogP contribution in [0.5, 0.6) is 11.5 Å². The molecule has 0 aliphatic heterocycles. The minimum Gasteiger partial charge on any atom is -0.493 e. The molecule has 0 radical (unpaired) electrons. The SMILES string of the molecule is CCOC(=O)c1ccc(NC(=O)c2ccc(COc3ccccc3OC)cc2)cc1. The molecule has 1 N–H and O–H groups in total. The van der Waals surface area contributed by atoms with Crippen LogP contribution in [0.1, 0.15) is 33.2 Å². The lowest BCUT2D eigenvalue weighted by atomic mass is 10.1. The highest BCUT2D eigenvalue weighted by Crippen LogP contribution is 2.26. The molecule has 30 heavy (non-hydrogen) atoms. The molecule has 0 unspecified atom stereocenters. The van der Waals surface area contributed by atoms with E-state index in [2.05, 4.69) is 5.32 Å². The van der Waals surface area contributed by atoms with Crippen molar-refractivity contribution in [1.29, 1.82) is 0 Å². The summed E-state index contributed by atoms with van der Waals surface area (Å²) in [6, 6.07) is 21.2. The summed E-state index contributed by atoms with van der Waals surface area (Å²) in [6.07, 6.45) is 0. The van der Waals surface area contributed by atoms with Crippen molar-refractivity contribution in [2.75, 3.05) is 19.0 Å². The number of esters is 1. The van der Waals surface area contributed by atoms with Gasteiger partial charge in [-0.15, -0.1) is 0 Å². The maximum atomic E-state index is 12.5. The lowest BCUT2D eigenvalue weighted by Gasteiger charge is -2.11. The second-order valence-electron chi connectivity index (χ2n) is 6.39. The summed E-state index contributed by atoms with van der Waals surface area (Å²) in [7, 11) is 1.60. The van der Waals surface area contributed by atoms with Gasteiger partial charge in [0.05, 0.1) is 19.3 Å². The van der Waals surface area contributed by atoms with Crippen LogP contribution in [0.2, 0.25) is 0 Å². The molecule has 0 atom stereocenters. The monoisotopic (exact) mass is 405 g/mol. The summed E-state index contributed by atoms with van der Waals surface area (Å²) < 4.78 is 16.0. The third-order valence-electron chi connectivity index (χ3n) is 4.33. The van der Waals surface area contributed by atoms with Crippen LogP contribution in [0.25, 0.3) is 0 Å². The molecule has 1 amide bonds. The Hall–Kier alpha value is -3.80. The van der Waals surface area contributed by atoms with Gasteiger partial charge in [-0.25, -0.2) is 4.79 Å². The van der Waals surface area contributed by atoms with E-state index >= 15 is 0 Å². The first kappa shape index (κ1) is 20.9. The third-order valence-corrected chi connectivity index (χ3v) is 4.33. The van der Waals surface area contributed by atoms with Crippen molar-refractivity contribution in [2.45, 2.75) is 13.5 Å². The molecule has 3 rings (SSSR count). The number of para-hydroxylation sites is 2. The number of amides is 1. The molecule has 0 spiro atoms. The van der Waals surface area contributed by atoms with Gasteiger partial charge in [0.1, 0.15) is 6.61 Å². The van der Waals surface area contributed by atoms with Crippen LogP contribution >= 0.6 is 0 Å². The first-order chi connectivity index (χ1) is 14.6. The van der Waals surface area contributed by atoms with Gasteiger partial charge in [0.15, 0.2) is 11.5 Å². The Bertz CT molecular complexity index is 997. The van der Waals surface area contributed by atoms with E-state index in [1.807, 2.05) is 36.4 Å². The molecule has 0 saturated heterocycles. The van der Waals surface area contributed by atoms with Crippen LogP contribution in [-0.2, 0) is 11.3 Å². The fraction of sp³-hybridized carbons (Fsp3) is 0.167. The summed E-state index contributed by atoms with van der Waals surface area (Å²) in [5, 5.41) is 2.81. The van der Waals surface area contributed by atoms with E-state index in [0.717, 1.165) is 5.56 Å². The Labute approximate surface area is 175 Å². The Morgan fingerprint density at radius 3 is 2.10 bits per heavy atom. The number of methoxy groups -OCH3 is 1. The number of rotatable bonds is 8. The number of ether oxygens (including phenoxy) is 3. The van der Waals surface area contributed by atoms with Gasteiger partial charge >= 0.3 is 5.97 Å². The van der Waals surface area contributed by atoms with Crippen LogP contribution < -0.4 is 14.8 Å². The van der Waals surface area contributed by atoms with Crippen molar-refractivity contribution in [3.63, 3.8) is 0 Å². The Morgan fingerprint density at radius 1 is 0.833 bits per heavy atom. The first-order valence-electron chi connectivity index (χ1n) is 9.54. The van der Waals surface area contributed by atoms with Crippen LogP contribution in [-0.4, -0.2) is 25.6 Å². The van der Waals surface area contributed by atoms with E-state index in [4.69, 9.17) is 14.2 Å². The quantitative estimate of drug-likeness (QED) is 0.550. The summed E-state index contributed by atoms with van der Waals surface area (Å²) in [5.41, 5.74) is 2.48. The number of anilines is 1. The number of carbonyl (C=O) groups excluding carboxylic acids is 2. The molecule has 154 valence electrons. The van der Waals surface area contributed by atoms with Gasteiger partial charge in [-0.1, -0.05) is 24.3 Å². The topological polar surface area (TPSA) is 73.9 Å². The number of hydrogen-bond acceptors (Lipinski definition) is 5. The highest BCUT2D eigenvalue weighted by molar-refractivity contribution is 6.04. The van der Waals surface area contributed by atoms with E-state index in [0.29, 0.717) is 41.5 Å². The zero-order valence-electron chi connectivity index (χ0n) is 16.9. The van der Waals surface area contributed by atoms with E-state index in [-0.39, 0.29) is 11.9 Å². The minimum atomic E-state index is -0.388. The van der Waals surface area contributed by atoms with Crippen molar-refractivity contribution in [2.24, 2.45) is 0 Å². The van der Waals surface area contributed by atoms with Crippen molar-refractivity contribution < 1.29 is 23.8 Å². The standard InChI is InChI=1S/C24H23NO5/c1-3-29-24(27)19-12-14-20(15-13-19)25-23(26)18-10-8-17(9-11-18)16-30-22-7-5-4-6-21(22)28-2/h4-15H,3,16H2,1-2H3,(H,25,26). The van der Waals surface area contributed by atoms with Crippen molar-refractivity contribution in [1.82, 2.24) is 0 Å². The average Bonchev–Trinajstić information content (AvgIpc) is 2.79. The highest BCUT2D eigenvalue weighted by Gasteiger charge is 2.09. The molecule has 0 fully saturated rings. The van der Waals surface area contributed by atoms with Gasteiger partial charge in [0, 0.05) is 11.3 Å². The first-order valence-corrected chi connectivity index (χ1v) is 9.54. The number of carbonyl (C=O) groups is 2. The van der Waals surface area contributed by atoms with Crippen LogP contribution in [0.15, 0.2) is 72.8 Å². The van der Waals surface area contributed by atoms with Gasteiger partial charge in [0.2, 0.25) is 0 Å². The average molecular weight is 405 g/mol. The molecular formula is C24H23NO5. The van der Waals surface area contributed by atoms with Gasteiger partial charge in [-0.05, 0) is 61.0 Å². The predicted molar refractivity (Wildman–Crippen MR) is 114 cm³/mol. The molecule has 3 aromatic rings. The fourth-order valence-electron chi connectivity index (χ4n) is 2.76. The zero-order chi connectivity index (χ0) is 21.3. The van der Waals surface area contributed by atoms with Crippen molar-refractivity contribution in [3.05, 3.63) is 89.5 Å². The van der Waals surface area contributed by atoms with Crippen LogP contribution in [0.3, 0.4) is 0 Å². The van der Waals surface area contributed by atoms with E-state index in [9.17, 15) is 9.59 Å². The van der Waals surface area contributed by atoms with Gasteiger partial charge < -0.3 is 19.5 Å².